The van der Waals surface area contributed by atoms with E-state index >= 15 is 0 Å². The number of halogens is 2. The lowest BCUT2D eigenvalue weighted by Gasteiger charge is -2.19. The van der Waals surface area contributed by atoms with E-state index in [0.29, 0.717) is 16.3 Å². The van der Waals surface area contributed by atoms with E-state index in [0.717, 1.165) is 5.56 Å². The molecule has 100 valence electrons. The zero-order valence-electron chi connectivity index (χ0n) is 10.6. The van der Waals surface area contributed by atoms with Crippen LogP contribution in [0.3, 0.4) is 0 Å². The molecule has 0 aliphatic rings. The molecule has 1 atom stereocenters. The van der Waals surface area contributed by atoms with Crippen LogP contribution in [-0.2, 0) is 0 Å². The van der Waals surface area contributed by atoms with Crippen molar-refractivity contribution in [2.75, 3.05) is 6.54 Å². The number of hydrogen-bond donors (Lipinski definition) is 1. The van der Waals surface area contributed by atoms with Crippen LogP contribution in [0.2, 0.25) is 5.02 Å². The molecule has 2 rings (SSSR count). The molecule has 0 radical (unpaired) electrons. The van der Waals surface area contributed by atoms with E-state index < -0.39 is 6.10 Å². The number of rotatable bonds is 4. The first kappa shape index (κ1) is 13.8. The highest BCUT2D eigenvalue weighted by Crippen LogP contribution is 2.29. The van der Waals surface area contributed by atoms with Gasteiger partial charge in [0.15, 0.2) is 0 Å². The van der Waals surface area contributed by atoms with Gasteiger partial charge in [-0.25, -0.2) is 4.39 Å². The number of nitrogens with two attached hydrogens (primary N) is 1. The molecule has 19 heavy (non-hydrogen) atoms. The summed E-state index contributed by atoms with van der Waals surface area (Å²) in [4.78, 5) is 0. The minimum absolute atomic E-state index is 0.244. The van der Waals surface area contributed by atoms with Crippen molar-refractivity contribution >= 4 is 11.6 Å². The summed E-state index contributed by atoms with van der Waals surface area (Å²) < 4.78 is 19.0. The van der Waals surface area contributed by atoms with Gasteiger partial charge >= 0.3 is 0 Å². The lowest BCUT2D eigenvalue weighted by molar-refractivity contribution is 0.214. The number of ether oxygens (including phenoxy) is 1. The predicted molar refractivity (Wildman–Crippen MR) is 75.0 cm³/mol. The van der Waals surface area contributed by atoms with E-state index in [4.69, 9.17) is 22.1 Å². The Hall–Kier alpha value is -1.58. The van der Waals surface area contributed by atoms with Crippen LogP contribution in [0.1, 0.15) is 17.2 Å². The highest BCUT2D eigenvalue weighted by molar-refractivity contribution is 6.32. The SMILES string of the molecule is Cc1ccc(Cl)c(OC(CN)c2cccc(F)c2)c1. The van der Waals surface area contributed by atoms with Gasteiger partial charge in [0, 0.05) is 6.54 Å². The van der Waals surface area contributed by atoms with Gasteiger partial charge in [0.2, 0.25) is 0 Å². The van der Waals surface area contributed by atoms with Crippen LogP contribution in [0.25, 0.3) is 0 Å². The predicted octanol–water partition coefficient (Wildman–Crippen LogP) is 3.87. The Labute approximate surface area is 117 Å². The molecule has 2 nitrogen and oxygen atoms in total. The third-order valence-electron chi connectivity index (χ3n) is 2.79. The zero-order valence-corrected chi connectivity index (χ0v) is 11.3. The topological polar surface area (TPSA) is 35.2 Å². The third-order valence-corrected chi connectivity index (χ3v) is 3.10. The maximum absolute atomic E-state index is 13.2. The highest BCUT2D eigenvalue weighted by atomic mass is 35.5. The van der Waals surface area contributed by atoms with Gasteiger partial charge in [0.25, 0.3) is 0 Å². The Morgan fingerprint density at radius 1 is 1.26 bits per heavy atom. The Morgan fingerprint density at radius 2 is 2.05 bits per heavy atom. The Balaban J connectivity index is 2.26. The lowest BCUT2D eigenvalue weighted by atomic mass is 10.1. The van der Waals surface area contributed by atoms with Crippen molar-refractivity contribution in [1.82, 2.24) is 0 Å². The van der Waals surface area contributed by atoms with Crippen molar-refractivity contribution in [3.8, 4) is 5.75 Å². The standard InChI is InChI=1S/C15H15ClFNO/c1-10-5-6-13(16)14(7-10)19-15(9-18)11-3-2-4-12(17)8-11/h2-8,15H,9,18H2,1H3. The smallest absolute Gasteiger partial charge is 0.139 e. The Morgan fingerprint density at radius 3 is 2.74 bits per heavy atom. The van der Waals surface area contributed by atoms with Crippen molar-refractivity contribution in [1.29, 1.82) is 0 Å². The molecule has 0 saturated carbocycles. The van der Waals surface area contributed by atoms with Gasteiger partial charge in [-0.15, -0.1) is 0 Å². The van der Waals surface area contributed by atoms with Crippen LogP contribution in [0, 0.1) is 12.7 Å². The second-order valence-corrected chi connectivity index (χ2v) is 4.74. The quantitative estimate of drug-likeness (QED) is 0.922. The fourth-order valence-corrected chi connectivity index (χ4v) is 1.98. The first-order chi connectivity index (χ1) is 9.10. The zero-order chi connectivity index (χ0) is 13.8. The van der Waals surface area contributed by atoms with Gasteiger partial charge in [-0.05, 0) is 42.3 Å². The van der Waals surface area contributed by atoms with Crippen molar-refractivity contribution < 1.29 is 9.13 Å². The second-order valence-electron chi connectivity index (χ2n) is 4.33. The second kappa shape index (κ2) is 6.04. The number of aryl methyl sites for hydroxylation is 1. The molecule has 0 saturated heterocycles. The van der Waals surface area contributed by atoms with Crippen LogP contribution in [0.4, 0.5) is 4.39 Å². The fourth-order valence-electron chi connectivity index (χ4n) is 1.81. The van der Waals surface area contributed by atoms with Crippen LogP contribution >= 0.6 is 11.6 Å². The average Bonchev–Trinajstić information content (AvgIpc) is 2.39. The lowest BCUT2D eigenvalue weighted by Crippen LogP contribution is -2.18. The Bertz CT molecular complexity index is 574. The van der Waals surface area contributed by atoms with Crippen molar-refractivity contribution in [2.45, 2.75) is 13.0 Å². The van der Waals surface area contributed by atoms with Crippen LogP contribution < -0.4 is 10.5 Å². The fraction of sp³-hybridized carbons (Fsp3) is 0.200. The molecule has 2 aromatic rings. The van der Waals surface area contributed by atoms with Gasteiger partial charge in [0.1, 0.15) is 17.7 Å². The van der Waals surface area contributed by atoms with Crippen molar-refractivity contribution in [2.24, 2.45) is 5.73 Å². The van der Waals surface area contributed by atoms with E-state index in [9.17, 15) is 4.39 Å². The first-order valence-corrected chi connectivity index (χ1v) is 6.36. The van der Waals surface area contributed by atoms with E-state index in [1.54, 1.807) is 18.2 Å². The van der Waals surface area contributed by atoms with Crippen molar-refractivity contribution in [3.05, 3.63) is 64.4 Å². The third kappa shape index (κ3) is 3.46. The summed E-state index contributed by atoms with van der Waals surface area (Å²) in [6, 6.07) is 11.7. The molecule has 4 heteroatoms. The maximum atomic E-state index is 13.2. The summed E-state index contributed by atoms with van der Waals surface area (Å²) in [6.45, 7) is 2.19. The normalized spacial score (nSPS) is 12.2. The molecule has 0 aromatic heterocycles. The highest BCUT2D eigenvalue weighted by Gasteiger charge is 2.14. The molecule has 0 amide bonds. The molecule has 0 heterocycles. The van der Waals surface area contributed by atoms with Gasteiger partial charge < -0.3 is 10.5 Å². The van der Waals surface area contributed by atoms with Crippen LogP contribution in [0.5, 0.6) is 5.75 Å². The largest absolute Gasteiger partial charge is 0.483 e. The summed E-state index contributed by atoms with van der Waals surface area (Å²) in [6.07, 6.45) is -0.421. The Kier molecular flexibility index (Phi) is 4.40. The van der Waals surface area contributed by atoms with E-state index in [1.807, 2.05) is 19.1 Å². The minimum Gasteiger partial charge on any atom is -0.483 e. The number of hydrogen-bond acceptors (Lipinski definition) is 2. The first-order valence-electron chi connectivity index (χ1n) is 5.98. The number of benzene rings is 2. The van der Waals surface area contributed by atoms with Crippen molar-refractivity contribution in [3.63, 3.8) is 0 Å². The molecule has 1 unspecified atom stereocenters. The minimum atomic E-state index is -0.421. The summed E-state index contributed by atoms with van der Waals surface area (Å²) in [5.41, 5.74) is 7.43. The molecular formula is C15H15ClFNO. The van der Waals surface area contributed by atoms with Gasteiger partial charge in [-0.1, -0.05) is 29.8 Å². The molecule has 0 spiro atoms. The van der Waals surface area contributed by atoms with E-state index in [2.05, 4.69) is 0 Å². The van der Waals surface area contributed by atoms with E-state index in [1.165, 1.54) is 12.1 Å². The molecule has 2 aromatic carbocycles. The van der Waals surface area contributed by atoms with Crippen LogP contribution in [0.15, 0.2) is 42.5 Å². The van der Waals surface area contributed by atoms with Gasteiger partial charge in [-0.2, -0.15) is 0 Å². The summed E-state index contributed by atoms with van der Waals surface area (Å²) in [5.74, 6) is 0.247. The van der Waals surface area contributed by atoms with Gasteiger partial charge in [-0.3, -0.25) is 0 Å². The molecule has 2 N–H and O–H groups in total. The average molecular weight is 280 g/mol. The summed E-state index contributed by atoms with van der Waals surface area (Å²) >= 11 is 6.08. The summed E-state index contributed by atoms with van der Waals surface area (Å²) in [7, 11) is 0. The molecule has 0 bridgehead atoms. The molecular weight excluding hydrogens is 265 g/mol. The maximum Gasteiger partial charge on any atom is 0.139 e. The molecule has 0 aliphatic carbocycles. The molecule has 0 aliphatic heterocycles. The monoisotopic (exact) mass is 279 g/mol. The van der Waals surface area contributed by atoms with Gasteiger partial charge in [0.05, 0.1) is 5.02 Å². The van der Waals surface area contributed by atoms with Crippen LogP contribution in [-0.4, -0.2) is 6.54 Å². The van der Waals surface area contributed by atoms with E-state index in [-0.39, 0.29) is 12.4 Å². The molecule has 0 fully saturated rings. The summed E-state index contributed by atoms with van der Waals surface area (Å²) in [5, 5.41) is 0.514.